The maximum Gasteiger partial charge on any atom is 0.293 e. The quantitative estimate of drug-likeness (QED) is 0.865. The van der Waals surface area contributed by atoms with Crippen molar-refractivity contribution in [2.45, 2.75) is 13.0 Å². The average Bonchev–Trinajstić information content (AvgIpc) is 2.45. The number of hydrogen-bond acceptors (Lipinski definition) is 2. The van der Waals surface area contributed by atoms with Crippen molar-refractivity contribution in [3.05, 3.63) is 52.8 Å². The van der Waals surface area contributed by atoms with Gasteiger partial charge >= 0.3 is 0 Å². The highest BCUT2D eigenvalue weighted by molar-refractivity contribution is 6.35. The largest absolute Gasteiger partial charge is 0.377 e. The molecule has 1 aromatic heterocycles. The van der Waals surface area contributed by atoms with Gasteiger partial charge in [0.05, 0.1) is 0 Å². The molecule has 0 saturated carbocycles. The summed E-state index contributed by atoms with van der Waals surface area (Å²) in [5, 5.41) is 3.79. The zero-order chi connectivity index (χ0) is 16.3. The fourth-order valence-corrected chi connectivity index (χ4v) is 2.52. The van der Waals surface area contributed by atoms with Crippen LogP contribution in [0, 0.1) is 0 Å². The van der Waals surface area contributed by atoms with Crippen LogP contribution in [0.25, 0.3) is 0 Å². The molecule has 2 aromatic rings. The molecule has 1 amide bonds. The van der Waals surface area contributed by atoms with E-state index in [4.69, 9.17) is 23.2 Å². The number of hydrogen-bond donors (Lipinski definition) is 1. The lowest BCUT2D eigenvalue weighted by molar-refractivity contribution is -0.705. The molecule has 116 valence electrons. The van der Waals surface area contributed by atoms with E-state index in [-0.39, 0.29) is 11.9 Å². The van der Waals surface area contributed by atoms with E-state index in [9.17, 15) is 4.79 Å². The van der Waals surface area contributed by atoms with E-state index in [2.05, 4.69) is 5.32 Å². The summed E-state index contributed by atoms with van der Waals surface area (Å²) in [7, 11) is 3.94. The van der Waals surface area contributed by atoms with E-state index in [1.165, 1.54) is 0 Å². The first kappa shape index (κ1) is 16.6. The van der Waals surface area contributed by atoms with Crippen LogP contribution in [0.5, 0.6) is 0 Å². The molecule has 0 bridgehead atoms. The summed E-state index contributed by atoms with van der Waals surface area (Å²) >= 11 is 11.9. The molecule has 0 spiro atoms. The number of halogens is 2. The molecule has 0 fully saturated rings. The zero-order valence-corrected chi connectivity index (χ0v) is 14.2. The second kappa shape index (κ2) is 6.99. The van der Waals surface area contributed by atoms with Crippen LogP contribution >= 0.6 is 23.2 Å². The number of nitrogens with zero attached hydrogens (tertiary/aromatic N) is 2. The minimum atomic E-state index is -0.353. The van der Waals surface area contributed by atoms with Gasteiger partial charge in [-0.05, 0) is 18.2 Å². The Bertz CT molecular complexity index is 651. The summed E-state index contributed by atoms with van der Waals surface area (Å²) in [5.74, 6) is -0.138. The molecule has 1 aromatic carbocycles. The van der Waals surface area contributed by atoms with Crippen molar-refractivity contribution in [3.8, 4) is 0 Å². The normalized spacial score (nSPS) is 11.9. The summed E-state index contributed by atoms with van der Waals surface area (Å²) in [6.07, 6.45) is 3.76. The van der Waals surface area contributed by atoms with Gasteiger partial charge in [-0.1, -0.05) is 23.2 Å². The fourth-order valence-electron chi connectivity index (χ4n) is 1.99. The molecule has 22 heavy (non-hydrogen) atoms. The van der Waals surface area contributed by atoms with Gasteiger partial charge < -0.3 is 10.2 Å². The van der Waals surface area contributed by atoms with E-state index >= 15 is 0 Å². The first-order valence-corrected chi connectivity index (χ1v) is 7.57. The third-order valence-corrected chi connectivity index (χ3v) is 3.74. The number of carbonyl (C=O) groups is 1. The van der Waals surface area contributed by atoms with Gasteiger partial charge in [0.1, 0.15) is 0 Å². The minimum absolute atomic E-state index is 0.138. The number of aromatic nitrogens is 1. The van der Waals surface area contributed by atoms with E-state index in [1.54, 1.807) is 18.2 Å². The van der Waals surface area contributed by atoms with Crippen molar-refractivity contribution in [2.75, 3.05) is 24.3 Å². The predicted octanol–water partition coefficient (Wildman–Crippen LogP) is 3.55. The summed E-state index contributed by atoms with van der Waals surface area (Å²) in [5.41, 5.74) is 1.66. The molecular weight excluding hydrogens is 321 g/mol. The zero-order valence-electron chi connectivity index (χ0n) is 12.7. The maximum atomic E-state index is 12.3. The van der Waals surface area contributed by atoms with Crippen molar-refractivity contribution >= 4 is 40.5 Å². The molecule has 0 saturated heterocycles. The Labute approximate surface area is 140 Å². The SMILES string of the molecule is C[C@@H](C(=O)Nc1cc(Cl)cc(Cl)c1)[n+]1ccc(N(C)C)cc1. The highest BCUT2D eigenvalue weighted by atomic mass is 35.5. The third-order valence-electron chi connectivity index (χ3n) is 3.31. The van der Waals surface area contributed by atoms with Crippen LogP contribution in [-0.2, 0) is 4.79 Å². The number of amides is 1. The lowest BCUT2D eigenvalue weighted by Crippen LogP contribution is -2.44. The van der Waals surface area contributed by atoms with Gasteiger partial charge in [-0.15, -0.1) is 0 Å². The lowest BCUT2D eigenvalue weighted by atomic mass is 10.2. The van der Waals surface area contributed by atoms with Crippen molar-refractivity contribution in [1.82, 2.24) is 0 Å². The van der Waals surface area contributed by atoms with E-state index < -0.39 is 0 Å². The van der Waals surface area contributed by atoms with Gasteiger partial charge in [-0.3, -0.25) is 4.79 Å². The first-order valence-electron chi connectivity index (χ1n) is 6.82. The molecule has 1 atom stereocenters. The van der Waals surface area contributed by atoms with Crippen LogP contribution in [0.1, 0.15) is 13.0 Å². The van der Waals surface area contributed by atoms with Crippen molar-refractivity contribution in [3.63, 3.8) is 0 Å². The molecule has 2 rings (SSSR count). The maximum absolute atomic E-state index is 12.3. The molecule has 6 heteroatoms. The Morgan fingerprint density at radius 1 is 1.14 bits per heavy atom. The predicted molar refractivity (Wildman–Crippen MR) is 90.8 cm³/mol. The smallest absolute Gasteiger partial charge is 0.293 e. The Morgan fingerprint density at radius 2 is 1.68 bits per heavy atom. The Balaban J connectivity index is 2.11. The van der Waals surface area contributed by atoms with E-state index in [1.807, 2.05) is 55.0 Å². The molecule has 4 nitrogen and oxygen atoms in total. The summed E-state index contributed by atoms with van der Waals surface area (Å²) in [4.78, 5) is 14.3. The first-order chi connectivity index (χ1) is 10.4. The second-order valence-electron chi connectivity index (χ2n) is 5.22. The lowest BCUT2D eigenvalue weighted by Gasteiger charge is -2.12. The number of pyridine rings is 1. The Hall–Kier alpha value is -1.78. The molecule has 0 aliphatic carbocycles. The highest BCUT2D eigenvalue weighted by Gasteiger charge is 2.22. The Kier molecular flexibility index (Phi) is 5.27. The summed E-state index contributed by atoms with van der Waals surface area (Å²) < 4.78 is 1.84. The number of nitrogens with one attached hydrogen (secondary N) is 1. The highest BCUT2D eigenvalue weighted by Crippen LogP contribution is 2.22. The molecule has 0 aliphatic heterocycles. The van der Waals surface area contributed by atoms with Gasteiger partial charge in [-0.25, -0.2) is 0 Å². The minimum Gasteiger partial charge on any atom is -0.377 e. The molecule has 1 N–H and O–H groups in total. The van der Waals surface area contributed by atoms with Gasteiger partial charge in [0.25, 0.3) is 5.91 Å². The second-order valence-corrected chi connectivity index (χ2v) is 6.09. The van der Waals surface area contributed by atoms with Crippen LogP contribution in [0.15, 0.2) is 42.7 Å². The summed E-state index contributed by atoms with van der Waals surface area (Å²) in [6, 6.07) is 8.51. The van der Waals surface area contributed by atoms with Crippen LogP contribution in [-0.4, -0.2) is 20.0 Å². The van der Waals surface area contributed by atoms with Crippen molar-refractivity contribution < 1.29 is 9.36 Å². The topological polar surface area (TPSA) is 36.2 Å². The number of carbonyl (C=O) groups excluding carboxylic acids is 1. The number of rotatable bonds is 4. The monoisotopic (exact) mass is 338 g/mol. The van der Waals surface area contributed by atoms with Crippen LogP contribution in [0.2, 0.25) is 10.0 Å². The van der Waals surface area contributed by atoms with Crippen LogP contribution in [0.3, 0.4) is 0 Å². The van der Waals surface area contributed by atoms with Gasteiger partial charge in [-0.2, -0.15) is 4.57 Å². The van der Waals surface area contributed by atoms with Gasteiger partial charge in [0, 0.05) is 54.6 Å². The average molecular weight is 339 g/mol. The van der Waals surface area contributed by atoms with E-state index in [0.29, 0.717) is 15.7 Å². The standard InChI is InChI=1S/C16H17Cl2N3O/c1-11(21-6-4-15(5-7-21)20(2)3)16(22)19-14-9-12(17)8-13(18)10-14/h4-11H,1-3H3/p+1/t11-/m0/s1. The Morgan fingerprint density at radius 3 is 2.18 bits per heavy atom. The molecular formula is C16H18Cl2N3O+. The number of anilines is 2. The van der Waals surface area contributed by atoms with Crippen molar-refractivity contribution in [1.29, 1.82) is 0 Å². The molecule has 1 heterocycles. The third kappa shape index (κ3) is 4.12. The fraction of sp³-hybridized carbons (Fsp3) is 0.250. The van der Waals surface area contributed by atoms with Crippen LogP contribution in [0.4, 0.5) is 11.4 Å². The van der Waals surface area contributed by atoms with Gasteiger partial charge in [0.15, 0.2) is 12.4 Å². The van der Waals surface area contributed by atoms with E-state index in [0.717, 1.165) is 5.69 Å². The summed E-state index contributed by atoms with van der Waals surface area (Å²) in [6.45, 7) is 1.83. The number of benzene rings is 1. The van der Waals surface area contributed by atoms with Crippen molar-refractivity contribution in [2.24, 2.45) is 0 Å². The van der Waals surface area contributed by atoms with Gasteiger partial charge in [0.2, 0.25) is 6.04 Å². The van der Waals surface area contributed by atoms with Crippen LogP contribution < -0.4 is 14.8 Å². The molecule has 0 unspecified atom stereocenters. The molecule has 0 radical (unpaired) electrons. The molecule has 0 aliphatic rings.